The second-order valence-corrected chi connectivity index (χ2v) is 6.79. The number of anilines is 1. The van der Waals surface area contributed by atoms with Crippen molar-refractivity contribution < 1.29 is 19.1 Å². The first-order valence-electron chi connectivity index (χ1n) is 10.2. The molecule has 3 rings (SSSR count). The summed E-state index contributed by atoms with van der Waals surface area (Å²) in [6, 6.07) is 21.8. The van der Waals surface area contributed by atoms with E-state index >= 15 is 0 Å². The summed E-state index contributed by atoms with van der Waals surface area (Å²) in [6.45, 7) is 2.87. The molecule has 0 aliphatic heterocycles. The zero-order valence-electron chi connectivity index (χ0n) is 17.7. The molecule has 0 aliphatic rings. The number of carbonyl (C=O) groups is 2. The van der Waals surface area contributed by atoms with Gasteiger partial charge in [0.05, 0.1) is 25.0 Å². The molecule has 0 radical (unpaired) electrons. The molecule has 0 heterocycles. The Morgan fingerprint density at radius 2 is 1.61 bits per heavy atom. The second kappa shape index (κ2) is 10.8. The number of rotatable bonds is 9. The molecule has 6 nitrogen and oxygen atoms in total. The molecular formula is C25H26N2O4. The summed E-state index contributed by atoms with van der Waals surface area (Å²) in [6.07, 6.45) is 0.729. The quantitative estimate of drug-likeness (QED) is 0.543. The van der Waals surface area contributed by atoms with E-state index in [1.165, 1.54) is 7.11 Å². The van der Waals surface area contributed by atoms with Gasteiger partial charge >= 0.3 is 0 Å². The van der Waals surface area contributed by atoms with Gasteiger partial charge < -0.3 is 20.1 Å². The minimum atomic E-state index is -0.342. The molecule has 2 amide bonds. The first-order valence-corrected chi connectivity index (χ1v) is 10.2. The van der Waals surface area contributed by atoms with Crippen molar-refractivity contribution in [3.8, 4) is 11.5 Å². The lowest BCUT2D eigenvalue weighted by molar-refractivity contribution is 0.0955. The Labute approximate surface area is 182 Å². The minimum Gasteiger partial charge on any atom is -0.493 e. The highest BCUT2D eigenvalue weighted by Crippen LogP contribution is 2.28. The van der Waals surface area contributed by atoms with Crippen LogP contribution in [0.2, 0.25) is 0 Å². The van der Waals surface area contributed by atoms with Crippen molar-refractivity contribution in [1.82, 2.24) is 5.32 Å². The van der Waals surface area contributed by atoms with Crippen LogP contribution >= 0.6 is 0 Å². The largest absolute Gasteiger partial charge is 0.493 e. The van der Waals surface area contributed by atoms with Gasteiger partial charge in [-0.3, -0.25) is 9.59 Å². The Kier molecular flexibility index (Phi) is 7.65. The van der Waals surface area contributed by atoms with Crippen LogP contribution in [0.1, 0.15) is 33.2 Å². The molecule has 0 bridgehead atoms. The number of hydrogen-bond acceptors (Lipinski definition) is 4. The smallest absolute Gasteiger partial charge is 0.255 e. The van der Waals surface area contributed by atoms with Crippen molar-refractivity contribution in [2.45, 2.75) is 13.3 Å². The highest BCUT2D eigenvalue weighted by molar-refractivity contribution is 6.09. The van der Waals surface area contributed by atoms with E-state index in [4.69, 9.17) is 9.47 Å². The molecule has 3 aromatic rings. The van der Waals surface area contributed by atoms with E-state index in [-0.39, 0.29) is 11.8 Å². The summed E-state index contributed by atoms with van der Waals surface area (Å²) in [5, 5.41) is 5.74. The molecule has 3 aromatic carbocycles. The van der Waals surface area contributed by atoms with Gasteiger partial charge in [-0.1, -0.05) is 42.5 Å². The van der Waals surface area contributed by atoms with Crippen LogP contribution < -0.4 is 20.1 Å². The molecule has 31 heavy (non-hydrogen) atoms. The number of benzene rings is 3. The maximum absolute atomic E-state index is 12.8. The minimum absolute atomic E-state index is 0.240. The maximum atomic E-state index is 12.8. The first-order chi connectivity index (χ1) is 15.1. The fourth-order valence-corrected chi connectivity index (χ4v) is 3.13. The van der Waals surface area contributed by atoms with Gasteiger partial charge in [-0.2, -0.15) is 0 Å². The third-order valence-corrected chi connectivity index (χ3v) is 4.69. The van der Waals surface area contributed by atoms with Crippen LogP contribution in [0.25, 0.3) is 0 Å². The summed E-state index contributed by atoms with van der Waals surface area (Å²) in [5.74, 6) is 0.461. The van der Waals surface area contributed by atoms with Crippen LogP contribution in [0.15, 0.2) is 72.8 Å². The Morgan fingerprint density at radius 3 is 2.35 bits per heavy atom. The molecule has 0 aliphatic carbocycles. The number of carbonyl (C=O) groups excluding carboxylic acids is 2. The van der Waals surface area contributed by atoms with E-state index in [1.807, 2.05) is 37.3 Å². The van der Waals surface area contributed by atoms with Crippen molar-refractivity contribution in [1.29, 1.82) is 0 Å². The molecule has 0 saturated carbocycles. The van der Waals surface area contributed by atoms with Crippen LogP contribution in [0.4, 0.5) is 5.69 Å². The fourth-order valence-electron chi connectivity index (χ4n) is 3.13. The maximum Gasteiger partial charge on any atom is 0.255 e. The van der Waals surface area contributed by atoms with Gasteiger partial charge in [0.25, 0.3) is 11.8 Å². The van der Waals surface area contributed by atoms with Crippen LogP contribution in [-0.2, 0) is 6.42 Å². The predicted molar refractivity (Wildman–Crippen MR) is 121 cm³/mol. The summed E-state index contributed by atoms with van der Waals surface area (Å²) in [5.41, 5.74) is 2.40. The van der Waals surface area contributed by atoms with Crippen molar-refractivity contribution >= 4 is 17.5 Å². The second-order valence-electron chi connectivity index (χ2n) is 6.79. The standard InChI is InChI=1S/C25H26N2O4/c1-3-31-22-14-13-19(17-23(22)30-2)24(28)27-21-12-8-7-11-20(21)25(29)26-16-15-18-9-5-4-6-10-18/h4-14,17H,3,15-16H2,1-2H3,(H,26,29)(H,27,28). The third kappa shape index (κ3) is 5.85. The molecule has 0 aromatic heterocycles. The highest BCUT2D eigenvalue weighted by Gasteiger charge is 2.15. The number of hydrogen-bond donors (Lipinski definition) is 2. The molecule has 6 heteroatoms. The fraction of sp³-hybridized carbons (Fsp3) is 0.200. The summed E-state index contributed by atoms with van der Waals surface area (Å²) < 4.78 is 10.8. The van der Waals surface area contributed by atoms with Gasteiger partial charge in [-0.25, -0.2) is 0 Å². The molecule has 0 unspecified atom stereocenters. The average Bonchev–Trinajstić information content (AvgIpc) is 2.80. The van der Waals surface area contributed by atoms with Gasteiger partial charge in [-0.05, 0) is 49.2 Å². The van der Waals surface area contributed by atoms with Gasteiger partial charge in [0.15, 0.2) is 11.5 Å². The van der Waals surface area contributed by atoms with Gasteiger partial charge in [-0.15, -0.1) is 0 Å². The zero-order valence-corrected chi connectivity index (χ0v) is 17.7. The van der Waals surface area contributed by atoms with Crippen molar-refractivity contribution in [3.05, 3.63) is 89.5 Å². The van der Waals surface area contributed by atoms with Crippen LogP contribution in [0.5, 0.6) is 11.5 Å². The number of nitrogens with one attached hydrogen (secondary N) is 2. The van der Waals surface area contributed by atoms with E-state index in [0.717, 1.165) is 12.0 Å². The highest BCUT2D eigenvalue weighted by atomic mass is 16.5. The van der Waals surface area contributed by atoms with Crippen molar-refractivity contribution in [3.63, 3.8) is 0 Å². The van der Waals surface area contributed by atoms with E-state index in [9.17, 15) is 9.59 Å². The molecule has 0 atom stereocenters. The summed E-state index contributed by atoms with van der Waals surface area (Å²) in [4.78, 5) is 25.5. The van der Waals surface area contributed by atoms with Gasteiger partial charge in [0.2, 0.25) is 0 Å². The topological polar surface area (TPSA) is 76.7 Å². The normalized spacial score (nSPS) is 10.3. The van der Waals surface area contributed by atoms with E-state index in [0.29, 0.717) is 41.5 Å². The monoisotopic (exact) mass is 418 g/mol. The Bertz CT molecular complexity index is 1030. The molecule has 160 valence electrons. The van der Waals surface area contributed by atoms with Crippen LogP contribution in [0, 0.1) is 0 Å². The number of para-hydroxylation sites is 1. The lowest BCUT2D eigenvalue weighted by atomic mass is 10.1. The van der Waals surface area contributed by atoms with E-state index in [2.05, 4.69) is 10.6 Å². The summed E-state index contributed by atoms with van der Waals surface area (Å²) >= 11 is 0. The van der Waals surface area contributed by atoms with Crippen LogP contribution in [-0.4, -0.2) is 32.1 Å². The molecule has 0 fully saturated rings. The Hall–Kier alpha value is -3.80. The van der Waals surface area contributed by atoms with E-state index in [1.54, 1.807) is 42.5 Å². The molecular weight excluding hydrogens is 392 g/mol. The number of ether oxygens (including phenoxy) is 2. The first kappa shape index (κ1) is 21.9. The summed E-state index contributed by atoms with van der Waals surface area (Å²) in [7, 11) is 1.52. The van der Waals surface area contributed by atoms with Crippen molar-refractivity contribution in [2.24, 2.45) is 0 Å². The molecule has 0 spiro atoms. The van der Waals surface area contributed by atoms with Gasteiger partial charge in [0, 0.05) is 12.1 Å². The number of methoxy groups -OCH3 is 1. The van der Waals surface area contributed by atoms with Gasteiger partial charge in [0.1, 0.15) is 0 Å². The van der Waals surface area contributed by atoms with Crippen LogP contribution in [0.3, 0.4) is 0 Å². The average molecular weight is 418 g/mol. The lowest BCUT2D eigenvalue weighted by Gasteiger charge is -2.13. The predicted octanol–water partition coefficient (Wildman–Crippen LogP) is 4.32. The van der Waals surface area contributed by atoms with Crippen molar-refractivity contribution in [2.75, 3.05) is 25.6 Å². The van der Waals surface area contributed by atoms with E-state index < -0.39 is 0 Å². The SMILES string of the molecule is CCOc1ccc(C(=O)Nc2ccccc2C(=O)NCCc2ccccc2)cc1OC. The molecule has 2 N–H and O–H groups in total. The zero-order chi connectivity index (χ0) is 22.1. The number of amides is 2. The molecule has 0 saturated heterocycles. The Balaban J connectivity index is 1.68. The third-order valence-electron chi connectivity index (χ3n) is 4.69. The lowest BCUT2D eigenvalue weighted by Crippen LogP contribution is -2.27. The Morgan fingerprint density at radius 1 is 0.871 bits per heavy atom.